The highest BCUT2D eigenvalue weighted by atomic mass is 32.1. The Morgan fingerprint density at radius 3 is 2.54 bits per heavy atom. The van der Waals surface area contributed by atoms with E-state index >= 15 is 0 Å². The molecule has 2 aromatic rings. The van der Waals surface area contributed by atoms with Crippen LogP contribution in [0.3, 0.4) is 0 Å². The summed E-state index contributed by atoms with van der Waals surface area (Å²) in [7, 11) is 0. The van der Waals surface area contributed by atoms with Crippen LogP contribution in [0.2, 0.25) is 0 Å². The van der Waals surface area contributed by atoms with Crippen LogP contribution in [0, 0.1) is 12.8 Å². The highest BCUT2D eigenvalue weighted by Crippen LogP contribution is 2.25. The topological polar surface area (TPSA) is 33.3 Å². The lowest BCUT2D eigenvalue weighted by atomic mass is 9.93. The van der Waals surface area contributed by atoms with Crippen LogP contribution in [0.4, 0.5) is 5.69 Å². The first-order chi connectivity index (χ1) is 11.5. The number of benzene rings is 2. The largest absolute Gasteiger partial charge is 0.494 e. The van der Waals surface area contributed by atoms with Crippen molar-refractivity contribution >= 4 is 23.0 Å². The Hall–Kier alpha value is -2.07. The smallest absolute Gasteiger partial charge is 0.171 e. The molecule has 0 fully saturated rings. The molecule has 0 spiro atoms. The number of thiocarbonyl (C=S) groups is 1. The molecule has 0 bridgehead atoms. The fourth-order valence-corrected chi connectivity index (χ4v) is 2.92. The van der Waals surface area contributed by atoms with Crippen molar-refractivity contribution in [2.24, 2.45) is 5.92 Å². The van der Waals surface area contributed by atoms with E-state index in [4.69, 9.17) is 17.0 Å². The molecule has 4 heteroatoms. The molecule has 3 nitrogen and oxygen atoms in total. The molecule has 0 aliphatic rings. The van der Waals surface area contributed by atoms with Gasteiger partial charge in [0.1, 0.15) is 5.75 Å². The molecule has 0 aliphatic carbocycles. The molecule has 0 saturated heterocycles. The first-order valence-corrected chi connectivity index (χ1v) is 8.78. The number of hydrogen-bond donors (Lipinski definition) is 2. The summed E-state index contributed by atoms with van der Waals surface area (Å²) >= 11 is 5.52. The van der Waals surface area contributed by atoms with Crippen molar-refractivity contribution in [3.8, 4) is 5.75 Å². The highest BCUT2D eigenvalue weighted by molar-refractivity contribution is 7.80. The van der Waals surface area contributed by atoms with E-state index in [1.807, 2.05) is 31.2 Å². The van der Waals surface area contributed by atoms with Gasteiger partial charge >= 0.3 is 0 Å². The third kappa shape index (κ3) is 4.96. The van der Waals surface area contributed by atoms with E-state index in [2.05, 4.69) is 55.7 Å². The molecule has 0 aromatic heterocycles. The first kappa shape index (κ1) is 18.3. The zero-order valence-electron chi connectivity index (χ0n) is 14.8. The number of ether oxygens (including phenoxy) is 1. The summed E-state index contributed by atoms with van der Waals surface area (Å²) in [5, 5.41) is 7.32. The predicted octanol–water partition coefficient (Wildman–Crippen LogP) is 5.08. The van der Waals surface area contributed by atoms with Crippen LogP contribution >= 0.6 is 12.2 Å². The minimum Gasteiger partial charge on any atom is -0.494 e. The molecule has 0 amide bonds. The SMILES string of the molecule is CCOc1cccc(NC(=S)NC(c2ccccc2C)C(C)C)c1. The Morgan fingerprint density at radius 1 is 1.12 bits per heavy atom. The number of anilines is 1. The molecule has 0 radical (unpaired) electrons. The molecule has 0 saturated carbocycles. The summed E-state index contributed by atoms with van der Waals surface area (Å²) in [6.45, 7) is 9.15. The Labute approximate surface area is 150 Å². The monoisotopic (exact) mass is 342 g/mol. The summed E-state index contributed by atoms with van der Waals surface area (Å²) in [5.41, 5.74) is 3.47. The van der Waals surface area contributed by atoms with Crippen LogP contribution in [-0.2, 0) is 0 Å². The van der Waals surface area contributed by atoms with Gasteiger partial charge in [-0.3, -0.25) is 0 Å². The van der Waals surface area contributed by atoms with E-state index in [-0.39, 0.29) is 6.04 Å². The van der Waals surface area contributed by atoms with Crippen molar-refractivity contribution < 1.29 is 4.74 Å². The Kier molecular flexibility index (Phi) is 6.62. The second-order valence-corrected chi connectivity index (χ2v) is 6.55. The van der Waals surface area contributed by atoms with Crippen LogP contribution in [0.5, 0.6) is 5.75 Å². The fourth-order valence-electron chi connectivity index (χ4n) is 2.68. The van der Waals surface area contributed by atoms with Crippen LogP contribution in [0.1, 0.15) is 37.9 Å². The summed E-state index contributed by atoms with van der Waals surface area (Å²) in [6, 6.07) is 16.4. The predicted molar refractivity (Wildman–Crippen MR) is 106 cm³/mol. The van der Waals surface area contributed by atoms with Crippen molar-refractivity contribution in [1.82, 2.24) is 5.32 Å². The van der Waals surface area contributed by atoms with Crippen molar-refractivity contribution in [3.63, 3.8) is 0 Å². The van der Waals surface area contributed by atoms with E-state index in [9.17, 15) is 0 Å². The molecule has 2 rings (SSSR count). The maximum absolute atomic E-state index is 5.53. The van der Waals surface area contributed by atoms with E-state index < -0.39 is 0 Å². The molecule has 24 heavy (non-hydrogen) atoms. The molecule has 0 heterocycles. The van der Waals surface area contributed by atoms with Gasteiger partial charge in [-0.05, 0) is 55.2 Å². The van der Waals surface area contributed by atoms with Gasteiger partial charge in [-0.15, -0.1) is 0 Å². The van der Waals surface area contributed by atoms with Crippen LogP contribution < -0.4 is 15.4 Å². The van der Waals surface area contributed by atoms with Gasteiger partial charge in [0.25, 0.3) is 0 Å². The van der Waals surface area contributed by atoms with Gasteiger partial charge in [-0.25, -0.2) is 0 Å². The Morgan fingerprint density at radius 2 is 1.88 bits per heavy atom. The number of nitrogens with one attached hydrogen (secondary N) is 2. The lowest BCUT2D eigenvalue weighted by Gasteiger charge is -2.26. The molecular weight excluding hydrogens is 316 g/mol. The average Bonchev–Trinajstić information content (AvgIpc) is 2.54. The zero-order chi connectivity index (χ0) is 17.5. The summed E-state index contributed by atoms with van der Waals surface area (Å²) in [4.78, 5) is 0. The second-order valence-electron chi connectivity index (χ2n) is 6.14. The van der Waals surface area contributed by atoms with Gasteiger partial charge in [-0.2, -0.15) is 0 Å². The average molecular weight is 343 g/mol. The van der Waals surface area contributed by atoms with Gasteiger partial charge in [0.05, 0.1) is 12.6 Å². The number of hydrogen-bond acceptors (Lipinski definition) is 2. The maximum atomic E-state index is 5.53. The molecule has 128 valence electrons. The summed E-state index contributed by atoms with van der Waals surface area (Å²) in [5.74, 6) is 1.25. The summed E-state index contributed by atoms with van der Waals surface area (Å²) in [6.07, 6.45) is 0. The number of rotatable bonds is 6. The van der Waals surface area contributed by atoms with Gasteiger partial charge in [0.15, 0.2) is 5.11 Å². The standard InChI is InChI=1S/C20H26N2OS/c1-5-23-17-11-8-10-16(13-17)21-20(24)22-19(14(2)3)18-12-7-6-9-15(18)4/h6-14,19H,5H2,1-4H3,(H2,21,22,24). The van der Waals surface area contributed by atoms with Crippen LogP contribution in [-0.4, -0.2) is 11.7 Å². The van der Waals surface area contributed by atoms with Gasteiger partial charge < -0.3 is 15.4 Å². The van der Waals surface area contributed by atoms with E-state index in [0.29, 0.717) is 17.6 Å². The minimum atomic E-state index is 0.168. The maximum Gasteiger partial charge on any atom is 0.171 e. The molecule has 0 aliphatic heterocycles. The van der Waals surface area contributed by atoms with Gasteiger partial charge in [0, 0.05) is 11.8 Å². The second kappa shape index (κ2) is 8.69. The Bertz CT molecular complexity index is 685. The van der Waals surface area contributed by atoms with Crippen molar-refractivity contribution in [2.75, 3.05) is 11.9 Å². The highest BCUT2D eigenvalue weighted by Gasteiger charge is 2.18. The molecule has 2 aromatic carbocycles. The third-order valence-electron chi connectivity index (χ3n) is 3.88. The normalized spacial score (nSPS) is 11.9. The van der Waals surface area contributed by atoms with Crippen molar-refractivity contribution in [1.29, 1.82) is 0 Å². The van der Waals surface area contributed by atoms with Crippen LogP contribution in [0.15, 0.2) is 48.5 Å². The quantitative estimate of drug-likeness (QED) is 0.718. The van der Waals surface area contributed by atoms with Gasteiger partial charge in [0.2, 0.25) is 0 Å². The van der Waals surface area contributed by atoms with E-state index in [1.54, 1.807) is 0 Å². The third-order valence-corrected chi connectivity index (χ3v) is 4.10. The molecule has 1 unspecified atom stereocenters. The zero-order valence-corrected chi connectivity index (χ0v) is 15.6. The lowest BCUT2D eigenvalue weighted by molar-refractivity contribution is 0.340. The molecule has 2 N–H and O–H groups in total. The summed E-state index contributed by atoms with van der Waals surface area (Å²) < 4.78 is 5.53. The Balaban J connectivity index is 2.09. The van der Waals surface area contributed by atoms with E-state index in [0.717, 1.165) is 11.4 Å². The van der Waals surface area contributed by atoms with Crippen molar-refractivity contribution in [3.05, 3.63) is 59.7 Å². The fraction of sp³-hybridized carbons (Fsp3) is 0.350. The van der Waals surface area contributed by atoms with E-state index in [1.165, 1.54) is 11.1 Å². The first-order valence-electron chi connectivity index (χ1n) is 8.37. The lowest BCUT2D eigenvalue weighted by Crippen LogP contribution is -2.35. The van der Waals surface area contributed by atoms with Gasteiger partial charge in [-0.1, -0.05) is 44.2 Å². The molecule has 1 atom stereocenters. The minimum absolute atomic E-state index is 0.168. The van der Waals surface area contributed by atoms with Crippen LogP contribution in [0.25, 0.3) is 0 Å². The number of aryl methyl sites for hydroxylation is 1. The molecular formula is C20H26N2OS. The van der Waals surface area contributed by atoms with Crippen molar-refractivity contribution in [2.45, 2.75) is 33.7 Å².